The largest absolute Gasteiger partial charge is 0.691 e. The van der Waals surface area contributed by atoms with Gasteiger partial charge in [-0.1, -0.05) is 0 Å². The van der Waals surface area contributed by atoms with Gasteiger partial charge in [0.05, 0.1) is 14.1 Å². The van der Waals surface area contributed by atoms with Crippen LogP contribution >= 0.6 is 0 Å². The Balaban J connectivity index is 2.74. The molecule has 0 atom stereocenters. The molecule has 0 saturated heterocycles. The van der Waals surface area contributed by atoms with Gasteiger partial charge in [-0.05, 0) is 0 Å². The zero-order valence-electron chi connectivity index (χ0n) is 5.96. The molecule has 1 heterocycles. The molecule has 0 aromatic carbocycles. The molecule has 1 aliphatic rings. The Morgan fingerprint density at radius 2 is 2.11 bits per heavy atom. The monoisotopic (exact) mass is 145 g/mol. The van der Waals surface area contributed by atoms with Crippen LogP contribution in [0, 0.1) is 0 Å². The van der Waals surface area contributed by atoms with Gasteiger partial charge in [-0.15, -0.1) is 5.01 Å². The molecule has 0 radical (unpaired) electrons. The Kier molecular flexibility index (Phi) is 1.59. The van der Waals surface area contributed by atoms with Crippen LogP contribution in [0.5, 0.6) is 0 Å². The minimum Gasteiger partial charge on any atom is -0.691 e. The molecule has 0 N–H and O–H groups in total. The predicted molar refractivity (Wildman–Crippen MR) is 38.9 cm³/mol. The Morgan fingerprint density at radius 3 is 2.22 bits per heavy atom. The second kappa shape index (κ2) is 2.11. The summed E-state index contributed by atoms with van der Waals surface area (Å²) in [5, 5.41) is 4.90. The molecule has 0 aromatic rings. The summed E-state index contributed by atoms with van der Waals surface area (Å²) in [6.07, 6.45) is 0. The van der Waals surface area contributed by atoms with Gasteiger partial charge in [-0.2, -0.15) is 0 Å². The number of hydrogen-bond donors (Lipinski definition) is 0. The number of rotatable bonds is 0. The molecule has 0 unspecified atom stereocenters. The van der Waals surface area contributed by atoms with Crippen molar-refractivity contribution in [1.29, 1.82) is 0 Å². The van der Waals surface area contributed by atoms with Crippen molar-refractivity contribution in [2.24, 2.45) is 0 Å². The maximum atomic E-state index is 5.05. The Labute approximate surface area is 60.9 Å². The van der Waals surface area contributed by atoms with Crippen LogP contribution in [0.3, 0.4) is 0 Å². The average Bonchev–Trinajstić information content (AvgIpc) is 1.98. The highest BCUT2D eigenvalue weighted by Gasteiger charge is 2.20. The van der Waals surface area contributed by atoms with Gasteiger partial charge >= 0.3 is 0 Å². The van der Waals surface area contributed by atoms with Crippen molar-refractivity contribution in [2.45, 2.75) is 0 Å². The number of hydrogen-bond acceptors (Lipinski definition) is 3. The summed E-state index contributed by atoms with van der Waals surface area (Å²) in [4.78, 5) is 0. The van der Waals surface area contributed by atoms with Crippen LogP contribution in [0.25, 0.3) is 0 Å². The standard InChI is InChI=1S/C5H11N3S/c1-6-4-7(2)8(3)5(6)9/h4H2,1-3H3. The van der Waals surface area contributed by atoms with Crippen molar-refractivity contribution in [3.8, 4) is 0 Å². The Morgan fingerprint density at radius 1 is 1.56 bits per heavy atom. The number of hydrazine groups is 1. The van der Waals surface area contributed by atoms with E-state index in [4.69, 9.17) is 12.6 Å². The summed E-state index contributed by atoms with van der Waals surface area (Å²) in [6.45, 7) is 0.898. The molecular formula is C5H11N3S. The van der Waals surface area contributed by atoms with E-state index in [1.807, 2.05) is 30.7 Å². The zero-order valence-corrected chi connectivity index (χ0v) is 6.77. The highest BCUT2D eigenvalue weighted by molar-refractivity contribution is 7.76. The Hall–Kier alpha value is -0.350. The smallest absolute Gasteiger partial charge is 0.171 e. The highest BCUT2D eigenvalue weighted by Crippen LogP contribution is 1.99. The van der Waals surface area contributed by atoms with E-state index >= 15 is 0 Å². The van der Waals surface area contributed by atoms with E-state index in [0.29, 0.717) is 0 Å². The van der Waals surface area contributed by atoms with Crippen molar-refractivity contribution < 1.29 is 4.58 Å². The molecule has 52 valence electrons. The number of nitrogens with zero attached hydrogens (tertiary/aromatic N) is 3. The first-order valence-electron chi connectivity index (χ1n) is 2.83. The first-order chi connectivity index (χ1) is 4.13. The zero-order chi connectivity index (χ0) is 7.02. The highest BCUT2D eigenvalue weighted by atomic mass is 32.1. The van der Waals surface area contributed by atoms with E-state index < -0.39 is 0 Å². The summed E-state index contributed by atoms with van der Waals surface area (Å²) in [5.74, 6) is 0. The quantitative estimate of drug-likeness (QED) is 0.329. The normalized spacial score (nSPS) is 21.9. The van der Waals surface area contributed by atoms with Crippen molar-refractivity contribution >= 4 is 17.8 Å². The lowest BCUT2D eigenvalue weighted by molar-refractivity contribution is -0.503. The van der Waals surface area contributed by atoms with Crippen LogP contribution in [0.4, 0.5) is 0 Å². The minimum atomic E-state index is 0.887. The molecule has 0 bridgehead atoms. The summed E-state index contributed by atoms with van der Waals surface area (Å²) >= 11 is 5.05. The summed E-state index contributed by atoms with van der Waals surface area (Å²) < 4.78 is 2.02. The third-order valence-electron chi connectivity index (χ3n) is 1.53. The predicted octanol–water partition coefficient (Wildman–Crippen LogP) is -0.719. The minimum absolute atomic E-state index is 0.887. The molecule has 0 aliphatic carbocycles. The lowest BCUT2D eigenvalue weighted by atomic mass is 10.9. The molecule has 0 fully saturated rings. The van der Waals surface area contributed by atoms with Gasteiger partial charge in [-0.25, -0.2) is 5.01 Å². The van der Waals surface area contributed by atoms with Gasteiger partial charge < -0.3 is 12.6 Å². The molecule has 0 amide bonds. The average molecular weight is 145 g/mol. The summed E-state index contributed by atoms with van der Waals surface area (Å²) in [6, 6.07) is 0. The van der Waals surface area contributed by atoms with E-state index in [1.165, 1.54) is 0 Å². The first kappa shape index (κ1) is 6.77. The van der Waals surface area contributed by atoms with Crippen molar-refractivity contribution in [2.75, 3.05) is 27.8 Å². The van der Waals surface area contributed by atoms with E-state index in [0.717, 1.165) is 11.8 Å². The second-order valence-electron chi connectivity index (χ2n) is 2.30. The number of amidine groups is 1. The van der Waals surface area contributed by atoms with Crippen LogP contribution in [0.2, 0.25) is 0 Å². The molecule has 0 aromatic heterocycles. The van der Waals surface area contributed by atoms with Crippen LogP contribution in [0.1, 0.15) is 0 Å². The molecule has 1 aliphatic heterocycles. The second-order valence-corrected chi connectivity index (χ2v) is 2.67. The molecular weight excluding hydrogens is 134 g/mol. The molecule has 1 rings (SSSR count). The van der Waals surface area contributed by atoms with Gasteiger partial charge in [0.1, 0.15) is 5.17 Å². The maximum Gasteiger partial charge on any atom is 0.171 e. The van der Waals surface area contributed by atoms with E-state index in [-0.39, 0.29) is 0 Å². The van der Waals surface area contributed by atoms with E-state index in [9.17, 15) is 0 Å². The molecule has 9 heavy (non-hydrogen) atoms. The van der Waals surface area contributed by atoms with Crippen LogP contribution in [-0.2, 0) is 12.6 Å². The summed E-state index contributed by atoms with van der Waals surface area (Å²) in [5.41, 5.74) is 0. The molecule has 4 heteroatoms. The lowest BCUT2D eigenvalue weighted by Gasteiger charge is -2.15. The van der Waals surface area contributed by atoms with Crippen molar-refractivity contribution in [3.05, 3.63) is 0 Å². The maximum absolute atomic E-state index is 5.05. The van der Waals surface area contributed by atoms with Crippen LogP contribution in [-0.4, -0.2) is 47.6 Å². The van der Waals surface area contributed by atoms with Gasteiger partial charge in [0.25, 0.3) is 0 Å². The third-order valence-corrected chi connectivity index (χ3v) is 2.11. The van der Waals surface area contributed by atoms with E-state index in [2.05, 4.69) is 5.01 Å². The first-order valence-corrected chi connectivity index (χ1v) is 3.23. The molecule has 0 spiro atoms. The van der Waals surface area contributed by atoms with Gasteiger partial charge in [-0.3, -0.25) is 4.58 Å². The van der Waals surface area contributed by atoms with Crippen LogP contribution in [0.15, 0.2) is 0 Å². The molecule has 0 saturated carbocycles. The molecule has 3 nitrogen and oxygen atoms in total. The van der Waals surface area contributed by atoms with Crippen molar-refractivity contribution in [3.63, 3.8) is 0 Å². The van der Waals surface area contributed by atoms with Crippen molar-refractivity contribution in [1.82, 2.24) is 10.0 Å². The van der Waals surface area contributed by atoms with Gasteiger partial charge in [0.2, 0.25) is 0 Å². The fourth-order valence-corrected chi connectivity index (χ4v) is 1.05. The third kappa shape index (κ3) is 0.997. The fourth-order valence-electron chi connectivity index (χ4n) is 0.855. The van der Waals surface area contributed by atoms with Crippen LogP contribution < -0.4 is 0 Å². The Bertz CT molecular complexity index is 154. The van der Waals surface area contributed by atoms with Gasteiger partial charge in [0, 0.05) is 7.05 Å². The van der Waals surface area contributed by atoms with E-state index in [1.54, 1.807) is 0 Å². The SMILES string of the molecule is CN1C[N+](C)=C([S-])N1C. The lowest BCUT2D eigenvalue weighted by Crippen LogP contribution is -2.33. The van der Waals surface area contributed by atoms with Gasteiger partial charge in [0.15, 0.2) is 6.67 Å². The fraction of sp³-hybridized carbons (Fsp3) is 0.800. The topological polar surface area (TPSA) is 9.49 Å². The summed E-state index contributed by atoms with van der Waals surface area (Å²) in [7, 11) is 5.96.